The van der Waals surface area contributed by atoms with Crippen molar-refractivity contribution in [2.75, 3.05) is 0 Å². The summed E-state index contributed by atoms with van der Waals surface area (Å²) in [7, 11) is 0. The van der Waals surface area contributed by atoms with Gasteiger partial charge in [0.05, 0.1) is 13.6 Å². The number of halogens is 3. The second kappa shape index (κ2) is 4.44. The first-order valence-electron chi connectivity index (χ1n) is 4.72. The summed E-state index contributed by atoms with van der Waals surface area (Å²) < 4.78 is 1.05. The molecule has 0 saturated heterocycles. The lowest BCUT2D eigenvalue weighted by atomic mass is 10.2. The van der Waals surface area contributed by atoms with Gasteiger partial charge in [-0.1, -0.05) is 40.9 Å². The molecule has 2 rings (SSSR count). The van der Waals surface area contributed by atoms with Crippen molar-refractivity contribution < 1.29 is 0 Å². The van der Waals surface area contributed by atoms with E-state index in [1.165, 1.54) is 17.7 Å². The Balaban J connectivity index is 2.08. The summed E-state index contributed by atoms with van der Waals surface area (Å²) >= 11 is 15.0. The van der Waals surface area contributed by atoms with Crippen LogP contribution in [-0.2, 0) is 0 Å². The monoisotopic (exact) mass is 356 g/mol. The number of alkyl halides is 1. The highest BCUT2D eigenvalue weighted by atomic mass is 79.9. The van der Waals surface area contributed by atoms with Crippen LogP contribution < -0.4 is 0 Å². The van der Waals surface area contributed by atoms with Gasteiger partial charge in [-0.25, -0.2) is 0 Å². The van der Waals surface area contributed by atoms with E-state index in [1.807, 2.05) is 0 Å². The maximum absolute atomic E-state index is 6.01. The van der Waals surface area contributed by atoms with Crippen LogP contribution in [0.4, 0.5) is 0 Å². The Morgan fingerprint density at radius 3 is 2.86 bits per heavy atom. The van der Waals surface area contributed by atoms with Gasteiger partial charge in [0, 0.05) is 4.88 Å². The maximum Gasteiger partial charge on any atom is 0.0887 e. The molecular formula is C10H11Br2ClS. The van der Waals surface area contributed by atoms with E-state index >= 15 is 0 Å². The summed E-state index contributed by atoms with van der Waals surface area (Å²) in [4.78, 5) is 1.85. The van der Waals surface area contributed by atoms with E-state index < -0.39 is 0 Å². The summed E-state index contributed by atoms with van der Waals surface area (Å²) in [6.45, 7) is 2.27. The van der Waals surface area contributed by atoms with Crippen LogP contribution >= 0.6 is 54.8 Å². The molecule has 1 heterocycles. The normalized spacial score (nSPS) is 27.7. The van der Waals surface area contributed by atoms with E-state index in [2.05, 4.69) is 44.8 Å². The summed E-state index contributed by atoms with van der Waals surface area (Å²) in [5.74, 6) is 1.74. The molecule has 0 spiro atoms. The second-order valence-corrected chi connectivity index (χ2v) is 7.54. The highest BCUT2D eigenvalue weighted by Crippen LogP contribution is 2.55. The van der Waals surface area contributed by atoms with Crippen molar-refractivity contribution in [1.29, 1.82) is 0 Å². The molecule has 0 aliphatic heterocycles. The summed E-state index contributed by atoms with van der Waals surface area (Å²) in [5, 5.41) is 0.836. The SMILES string of the molecule is CCC1CC1C(Br)c1cc(Cl)c(Br)s1. The molecule has 1 fully saturated rings. The van der Waals surface area contributed by atoms with Crippen molar-refractivity contribution in [3.63, 3.8) is 0 Å². The van der Waals surface area contributed by atoms with Gasteiger partial charge in [-0.3, -0.25) is 0 Å². The largest absolute Gasteiger partial charge is 0.130 e. The van der Waals surface area contributed by atoms with Crippen LogP contribution in [0.25, 0.3) is 0 Å². The van der Waals surface area contributed by atoms with Gasteiger partial charge in [0.25, 0.3) is 0 Å². The third-order valence-electron chi connectivity index (χ3n) is 2.81. The van der Waals surface area contributed by atoms with Crippen molar-refractivity contribution in [3.05, 3.63) is 19.8 Å². The molecule has 4 heteroatoms. The number of hydrogen-bond acceptors (Lipinski definition) is 1. The van der Waals surface area contributed by atoms with Crippen molar-refractivity contribution in [2.24, 2.45) is 11.8 Å². The van der Waals surface area contributed by atoms with E-state index in [9.17, 15) is 0 Å². The lowest BCUT2D eigenvalue weighted by Gasteiger charge is -2.05. The molecule has 0 aromatic carbocycles. The molecule has 78 valence electrons. The number of hydrogen-bond donors (Lipinski definition) is 0. The molecule has 0 bridgehead atoms. The van der Waals surface area contributed by atoms with Gasteiger partial charge < -0.3 is 0 Å². The molecule has 3 atom stereocenters. The number of thiophene rings is 1. The first-order chi connectivity index (χ1) is 6.63. The Kier molecular flexibility index (Phi) is 3.63. The minimum absolute atomic E-state index is 0.501. The maximum atomic E-state index is 6.01. The average molecular weight is 359 g/mol. The van der Waals surface area contributed by atoms with Gasteiger partial charge in [-0.05, 0) is 40.3 Å². The third kappa shape index (κ3) is 2.21. The fourth-order valence-corrected chi connectivity index (χ4v) is 4.67. The Morgan fingerprint density at radius 1 is 1.71 bits per heavy atom. The van der Waals surface area contributed by atoms with Gasteiger partial charge >= 0.3 is 0 Å². The van der Waals surface area contributed by atoms with E-state index in [4.69, 9.17) is 11.6 Å². The Bertz CT molecular complexity index is 317. The fraction of sp³-hybridized carbons (Fsp3) is 0.600. The predicted molar refractivity (Wildman–Crippen MR) is 70.6 cm³/mol. The Hall–Kier alpha value is 0.950. The standard InChI is InChI=1S/C10H11Br2ClS/c1-2-5-3-6(5)9(11)8-4-7(13)10(12)14-8/h4-6,9H,2-3H2,1H3. The molecule has 1 aromatic heterocycles. The van der Waals surface area contributed by atoms with Crippen molar-refractivity contribution in [3.8, 4) is 0 Å². The van der Waals surface area contributed by atoms with Gasteiger partial charge in [-0.15, -0.1) is 11.3 Å². The summed E-state index contributed by atoms with van der Waals surface area (Å²) in [5.41, 5.74) is 0. The first kappa shape index (κ1) is 11.4. The lowest BCUT2D eigenvalue weighted by Crippen LogP contribution is -1.90. The third-order valence-corrected chi connectivity index (χ3v) is 6.85. The van der Waals surface area contributed by atoms with E-state index in [0.717, 1.165) is 20.6 Å². The van der Waals surface area contributed by atoms with Gasteiger partial charge in [0.2, 0.25) is 0 Å². The highest BCUT2D eigenvalue weighted by molar-refractivity contribution is 9.11. The predicted octanol–water partition coefficient (Wildman–Crippen LogP) is 5.65. The van der Waals surface area contributed by atoms with Crippen LogP contribution in [0.15, 0.2) is 9.85 Å². The van der Waals surface area contributed by atoms with Gasteiger partial charge in [-0.2, -0.15) is 0 Å². The Labute approximate surface area is 110 Å². The van der Waals surface area contributed by atoms with Crippen molar-refractivity contribution in [1.82, 2.24) is 0 Å². The van der Waals surface area contributed by atoms with Crippen LogP contribution in [0.1, 0.15) is 29.5 Å². The quantitative estimate of drug-likeness (QED) is 0.613. The molecular weight excluding hydrogens is 347 g/mol. The molecule has 0 radical (unpaired) electrons. The molecule has 1 aromatic rings. The minimum atomic E-state index is 0.501. The summed E-state index contributed by atoms with van der Waals surface area (Å²) in [6, 6.07) is 2.07. The molecule has 0 amide bonds. The van der Waals surface area contributed by atoms with Crippen molar-refractivity contribution >= 4 is 54.8 Å². The molecule has 0 nitrogen and oxygen atoms in total. The zero-order valence-corrected chi connectivity index (χ0v) is 12.5. The molecule has 1 aliphatic carbocycles. The smallest absolute Gasteiger partial charge is 0.0887 e. The van der Waals surface area contributed by atoms with Crippen LogP contribution in [0, 0.1) is 11.8 Å². The van der Waals surface area contributed by atoms with Crippen LogP contribution in [-0.4, -0.2) is 0 Å². The zero-order chi connectivity index (χ0) is 10.3. The summed E-state index contributed by atoms with van der Waals surface area (Å²) in [6.07, 6.45) is 2.66. The van der Waals surface area contributed by atoms with Crippen LogP contribution in [0.3, 0.4) is 0 Å². The van der Waals surface area contributed by atoms with E-state index in [1.54, 1.807) is 11.3 Å². The molecule has 3 unspecified atom stereocenters. The topological polar surface area (TPSA) is 0 Å². The van der Waals surface area contributed by atoms with Crippen molar-refractivity contribution in [2.45, 2.75) is 24.6 Å². The van der Waals surface area contributed by atoms with E-state index in [-0.39, 0.29) is 0 Å². The zero-order valence-electron chi connectivity index (χ0n) is 7.77. The highest BCUT2D eigenvalue weighted by Gasteiger charge is 2.41. The average Bonchev–Trinajstić information content (AvgIpc) is 2.87. The van der Waals surface area contributed by atoms with Crippen LogP contribution in [0.5, 0.6) is 0 Å². The van der Waals surface area contributed by atoms with Gasteiger partial charge in [0.15, 0.2) is 0 Å². The minimum Gasteiger partial charge on any atom is -0.130 e. The fourth-order valence-electron chi connectivity index (χ4n) is 1.81. The molecule has 1 saturated carbocycles. The molecule has 1 aliphatic rings. The number of rotatable bonds is 3. The Morgan fingerprint density at radius 2 is 2.43 bits per heavy atom. The lowest BCUT2D eigenvalue weighted by molar-refractivity contribution is 0.678. The molecule has 14 heavy (non-hydrogen) atoms. The van der Waals surface area contributed by atoms with Crippen LogP contribution in [0.2, 0.25) is 5.02 Å². The van der Waals surface area contributed by atoms with E-state index in [0.29, 0.717) is 4.83 Å². The van der Waals surface area contributed by atoms with Gasteiger partial charge in [0.1, 0.15) is 0 Å². The molecule has 0 N–H and O–H groups in total. The second-order valence-electron chi connectivity index (χ2n) is 3.74. The first-order valence-corrected chi connectivity index (χ1v) is 7.62.